The largest absolute Gasteiger partial charge is 0.464 e. The van der Waals surface area contributed by atoms with Gasteiger partial charge in [-0.2, -0.15) is 0 Å². The van der Waals surface area contributed by atoms with Crippen LogP contribution in [0.4, 0.5) is 15.9 Å². The molecule has 2 rings (SSSR count). The highest BCUT2D eigenvalue weighted by Gasteiger charge is 2.13. The molecule has 2 aromatic rings. The van der Waals surface area contributed by atoms with Crippen LogP contribution in [-0.4, -0.2) is 25.1 Å². The molecular formula is C15H16FN3O2. The summed E-state index contributed by atoms with van der Waals surface area (Å²) >= 11 is 0. The summed E-state index contributed by atoms with van der Waals surface area (Å²) in [5.74, 6) is -0.386. The Labute approximate surface area is 122 Å². The normalized spacial score (nSPS) is 10.2. The summed E-state index contributed by atoms with van der Waals surface area (Å²) in [4.78, 5) is 17.4. The number of hydrogen-bond donors (Lipinski definition) is 1. The highest BCUT2D eigenvalue weighted by molar-refractivity contribution is 5.88. The number of pyridine rings is 1. The van der Waals surface area contributed by atoms with Crippen LogP contribution in [0.5, 0.6) is 0 Å². The van der Waals surface area contributed by atoms with E-state index < -0.39 is 5.97 Å². The molecule has 0 aliphatic carbocycles. The third-order valence-electron chi connectivity index (χ3n) is 2.97. The van der Waals surface area contributed by atoms with Gasteiger partial charge in [0.15, 0.2) is 11.5 Å². The zero-order valence-electron chi connectivity index (χ0n) is 11.8. The number of aromatic nitrogens is 1. The van der Waals surface area contributed by atoms with Crippen molar-refractivity contribution in [3.63, 3.8) is 0 Å². The molecule has 1 aromatic heterocycles. The molecule has 2 N–H and O–H groups in total. The van der Waals surface area contributed by atoms with E-state index in [1.807, 2.05) is 0 Å². The van der Waals surface area contributed by atoms with E-state index >= 15 is 0 Å². The van der Waals surface area contributed by atoms with Crippen molar-refractivity contribution in [1.82, 2.24) is 4.98 Å². The fourth-order valence-electron chi connectivity index (χ4n) is 1.97. The van der Waals surface area contributed by atoms with Crippen LogP contribution in [0.15, 0.2) is 36.4 Å². The summed E-state index contributed by atoms with van der Waals surface area (Å²) in [6.07, 6.45) is 0. The van der Waals surface area contributed by atoms with Crippen LogP contribution in [0.1, 0.15) is 16.1 Å². The molecule has 110 valence electrons. The van der Waals surface area contributed by atoms with E-state index in [1.165, 1.54) is 25.3 Å². The third-order valence-corrected chi connectivity index (χ3v) is 2.97. The Morgan fingerprint density at radius 2 is 2.14 bits per heavy atom. The van der Waals surface area contributed by atoms with Crippen molar-refractivity contribution >= 4 is 17.5 Å². The number of methoxy groups -OCH3 is 1. The maximum absolute atomic E-state index is 13.2. The summed E-state index contributed by atoms with van der Waals surface area (Å²) < 4.78 is 17.8. The van der Waals surface area contributed by atoms with Gasteiger partial charge in [0.1, 0.15) is 5.82 Å². The molecule has 0 saturated carbocycles. The Bertz CT molecular complexity index is 661. The highest BCUT2D eigenvalue weighted by atomic mass is 19.1. The molecule has 0 amide bonds. The van der Waals surface area contributed by atoms with Gasteiger partial charge >= 0.3 is 5.97 Å². The number of nitrogens with two attached hydrogens (primary N) is 1. The van der Waals surface area contributed by atoms with Crippen molar-refractivity contribution in [2.45, 2.75) is 6.54 Å². The minimum absolute atomic E-state index is 0.174. The SMILES string of the molecule is COC(=O)c1ccc(N)c(N(C)Cc2cccc(F)c2)n1. The van der Waals surface area contributed by atoms with Gasteiger partial charge in [0.25, 0.3) is 0 Å². The van der Waals surface area contributed by atoms with Gasteiger partial charge in [-0.3, -0.25) is 0 Å². The van der Waals surface area contributed by atoms with E-state index in [0.29, 0.717) is 18.1 Å². The van der Waals surface area contributed by atoms with E-state index in [9.17, 15) is 9.18 Å². The van der Waals surface area contributed by atoms with E-state index in [2.05, 4.69) is 9.72 Å². The fourth-order valence-corrected chi connectivity index (χ4v) is 1.97. The lowest BCUT2D eigenvalue weighted by molar-refractivity contribution is 0.0594. The molecule has 21 heavy (non-hydrogen) atoms. The van der Waals surface area contributed by atoms with Crippen LogP contribution < -0.4 is 10.6 Å². The maximum atomic E-state index is 13.2. The number of nitrogens with zero attached hydrogens (tertiary/aromatic N) is 2. The van der Waals surface area contributed by atoms with Crippen molar-refractivity contribution in [2.75, 3.05) is 24.8 Å². The first-order valence-electron chi connectivity index (χ1n) is 6.31. The van der Waals surface area contributed by atoms with Gasteiger partial charge in [-0.05, 0) is 29.8 Å². The topological polar surface area (TPSA) is 68.5 Å². The van der Waals surface area contributed by atoms with Crippen molar-refractivity contribution in [3.8, 4) is 0 Å². The molecule has 0 saturated heterocycles. The Kier molecular flexibility index (Phi) is 4.37. The lowest BCUT2D eigenvalue weighted by Crippen LogP contribution is -2.20. The molecule has 5 nitrogen and oxygen atoms in total. The van der Waals surface area contributed by atoms with Crippen molar-refractivity contribution in [1.29, 1.82) is 0 Å². The Morgan fingerprint density at radius 3 is 2.81 bits per heavy atom. The summed E-state index contributed by atoms with van der Waals surface area (Å²) in [6, 6.07) is 9.36. The third kappa shape index (κ3) is 3.47. The molecule has 0 aliphatic heterocycles. The van der Waals surface area contributed by atoms with Crippen LogP contribution in [-0.2, 0) is 11.3 Å². The van der Waals surface area contributed by atoms with Gasteiger partial charge in [-0.15, -0.1) is 0 Å². The molecule has 6 heteroatoms. The average Bonchev–Trinajstić information content (AvgIpc) is 2.46. The van der Waals surface area contributed by atoms with E-state index in [-0.39, 0.29) is 11.5 Å². The van der Waals surface area contributed by atoms with Gasteiger partial charge in [-0.25, -0.2) is 14.2 Å². The molecule has 0 atom stereocenters. The van der Waals surface area contributed by atoms with Crippen LogP contribution in [0, 0.1) is 5.82 Å². The Balaban J connectivity index is 2.26. The fraction of sp³-hybridized carbons (Fsp3) is 0.200. The second kappa shape index (κ2) is 6.21. The monoisotopic (exact) mass is 289 g/mol. The zero-order valence-corrected chi connectivity index (χ0v) is 11.8. The first-order chi connectivity index (χ1) is 10.0. The standard InChI is InChI=1S/C15H16FN3O2/c1-19(9-10-4-3-5-11(16)8-10)14-12(17)6-7-13(18-14)15(20)21-2/h3-8H,9,17H2,1-2H3. The average molecular weight is 289 g/mol. The number of anilines is 2. The van der Waals surface area contributed by atoms with Gasteiger partial charge in [0, 0.05) is 13.6 Å². The second-order valence-electron chi connectivity index (χ2n) is 4.59. The van der Waals surface area contributed by atoms with Gasteiger partial charge in [0.05, 0.1) is 12.8 Å². The van der Waals surface area contributed by atoms with E-state index in [4.69, 9.17) is 5.73 Å². The van der Waals surface area contributed by atoms with E-state index in [0.717, 1.165) is 5.56 Å². The number of ether oxygens (including phenoxy) is 1. The van der Waals surface area contributed by atoms with Crippen molar-refractivity contribution < 1.29 is 13.9 Å². The van der Waals surface area contributed by atoms with Gasteiger partial charge in [-0.1, -0.05) is 12.1 Å². The van der Waals surface area contributed by atoms with Crippen LogP contribution >= 0.6 is 0 Å². The lowest BCUT2D eigenvalue weighted by atomic mass is 10.2. The van der Waals surface area contributed by atoms with Gasteiger partial charge in [0.2, 0.25) is 0 Å². The molecular weight excluding hydrogens is 273 g/mol. The number of esters is 1. The minimum atomic E-state index is -0.532. The quantitative estimate of drug-likeness (QED) is 0.874. The highest BCUT2D eigenvalue weighted by Crippen LogP contribution is 2.22. The van der Waals surface area contributed by atoms with Gasteiger partial charge < -0.3 is 15.4 Å². The number of hydrogen-bond acceptors (Lipinski definition) is 5. The lowest BCUT2D eigenvalue weighted by Gasteiger charge is -2.20. The minimum Gasteiger partial charge on any atom is -0.464 e. The Hall–Kier alpha value is -2.63. The summed E-state index contributed by atoms with van der Waals surface area (Å²) in [7, 11) is 3.06. The molecule has 1 aromatic carbocycles. The first-order valence-corrected chi connectivity index (χ1v) is 6.31. The van der Waals surface area contributed by atoms with Crippen molar-refractivity contribution in [2.24, 2.45) is 0 Å². The number of carbonyl (C=O) groups is 1. The van der Waals surface area contributed by atoms with Crippen molar-refractivity contribution in [3.05, 3.63) is 53.5 Å². The number of rotatable bonds is 4. The number of halogens is 1. The molecule has 0 aliphatic rings. The Morgan fingerprint density at radius 1 is 1.38 bits per heavy atom. The van der Waals surface area contributed by atoms with Crippen LogP contribution in [0.25, 0.3) is 0 Å². The molecule has 0 radical (unpaired) electrons. The number of nitrogen functional groups attached to an aromatic ring is 1. The van der Waals surface area contributed by atoms with Crippen LogP contribution in [0.3, 0.4) is 0 Å². The molecule has 0 unspecified atom stereocenters. The number of carbonyl (C=O) groups excluding carboxylic acids is 1. The molecule has 1 heterocycles. The van der Waals surface area contributed by atoms with Crippen LogP contribution in [0.2, 0.25) is 0 Å². The maximum Gasteiger partial charge on any atom is 0.356 e. The molecule has 0 bridgehead atoms. The zero-order chi connectivity index (χ0) is 15.4. The molecule has 0 spiro atoms. The first kappa shape index (κ1) is 14.8. The predicted molar refractivity (Wildman–Crippen MR) is 78.5 cm³/mol. The summed E-state index contributed by atoms with van der Waals surface area (Å²) in [5, 5.41) is 0. The smallest absolute Gasteiger partial charge is 0.356 e. The summed E-state index contributed by atoms with van der Waals surface area (Å²) in [5.41, 5.74) is 7.27. The van der Waals surface area contributed by atoms with E-state index in [1.54, 1.807) is 30.1 Å². The molecule has 0 fully saturated rings. The second-order valence-corrected chi connectivity index (χ2v) is 4.59. The number of benzene rings is 1. The predicted octanol–water partition coefficient (Wildman–Crippen LogP) is 2.23. The summed E-state index contributed by atoms with van der Waals surface area (Å²) in [6.45, 7) is 0.416.